The molecule has 0 amide bonds. The van der Waals surface area contributed by atoms with Crippen LogP contribution in [0.3, 0.4) is 0 Å². The van der Waals surface area contributed by atoms with Gasteiger partial charge in [-0.1, -0.05) is 157 Å². The summed E-state index contributed by atoms with van der Waals surface area (Å²) >= 11 is 0. The lowest BCUT2D eigenvalue weighted by Gasteiger charge is -2.11. The van der Waals surface area contributed by atoms with E-state index in [9.17, 15) is 2.74 Å². The normalized spacial score (nSPS) is 15.6. The van der Waals surface area contributed by atoms with Gasteiger partial charge in [-0.25, -0.2) is 15.0 Å². The fraction of sp³-hybridized carbons (Fsp3) is 0. The lowest BCUT2D eigenvalue weighted by Crippen LogP contribution is -2.00. The van der Waals surface area contributed by atoms with Crippen LogP contribution in [-0.4, -0.2) is 15.0 Å². The third-order valence-corrected chi connectivity index (χ3v) is 7.83. The number of hydrogen-bond donors (Lipinski definition) is 0. The van der Waals surface area contributed by atoms with E-state index in [0.29, 0.717) is 11.1 Å². The predicted octanol–water partition coefficient (Wildman–Crippen LogP) is 11.8. The number of para-hydroxylation sites is 2. The third-order valence-electron chi connectivity index (χ3n) is 7.83. The van der Waals surface area contributed by atoms with Gasteiger partial charge >= 0.3 is 0 Å². The van der Waals surface area contributed by atoms with Crippen LogP contribution in [0.2, 0.25) is 0 Å². The molecule has 0 radical (unpaired) electrons. The highest BCUT2D eigenvalue weighted by Crippen LogP contribution is 2.37. The van der Waals surface area contributed by atoms with Crippen molar-refractivity contribution < 1.29 is 25.0 Å². The highest BCUT2D eigenvalue weighted by atomic mass is 16.3. The first-order valence-electron chi connectivity index (χ1n) is 22.6. The van der Waals surface area contributed by atoms with Crippen LogP contribution in [0, 0.1) is 0 Å². The summed E-state index contributed by atoms with van der Waals surface area (Å²) in [5.74, 6) is 0.0462. The maximum Gasteiger partial charge on any atom is 0.164 e. The lowest BCUT2D eigenvalue weighted by atomic mass is 9.97. The fourth-order valence-electron chi connectivity index (χ4n) is 5.45. The second-order valence-electron chi connectivity index (χ2n) is 10.9. The van der Waals surface area contributed by atoms with Crippen LogP contribution in [0.4, 0.5) is 0 Å². The topological polar surface area (TPSA) is 51.8 Å². The van der Waals surface area contributed by atoms with E-state index in [1.54, 1.807) is 42.5 Å². The Kier molecular flexibility index (Phi) is 4.21. The van der Waals surface area contributed by atoms with Crippen LogP contribution < -0.4 is 0 Å². The molecule has 0 N–H and O–H groups in total. The lowest BCUT2D eigenvalue weighted by molar-refractivity contribution is 0.670. The van der Waals surface area contributed by atoms with Crippen molar-refractivity contribution in [3.8, 4) is 67.5 Å². The summed E-state index contributed by atoms with van der Waals surface area (Å²) in [6, 6.07) is 15.1. The smallest absolute Gasteiger partial charge is 0.164 e. The Hall–Kier alpha value is -6.65. The van der Waals surface area contributed by atoms with Crippen molar-refractivity contribution in [2.45, 2.75) is 0 Å². The van der Waals surface area contributed by atoms with Crippen molar-refractivity contribution in [3.63, 3.8) is 0 Å². The van der Waals surface area contributed by atoms with Crippen molar-refractivity contribution in [2.24, 2.45) is 0 Å². The molecule has 0 bridgehead atoms. The zero-order chi connectivity index (χ0) is 45.6. The molecule has 9 aromatic rings. The zero-order valence-electron chi connectivity index (χ0n) is 40.3. The summed E-state index contributed by atoms with van der Waals surface area (Å²) in [5, 5.41) is -0.594. The Labute approximate surface area is 305 Å². The van der Waals surface area contributed by atoms with E-state index in [2.05, 4.69) is 9.97 Å². The quantitative estimate of drug-likeness (QED) is 0.181. The largest absolute Gasteiger partial charge is 0.455 e. The fourth-order valence-corrected chi connectivity index (χ4v) is 5.45. The zero-order valence-corrected chi connectivity index (χ0v) is 25.3. The molecule has 2 aromatic heterocycles. The molecule has 0 aliphatic rings. The van der Waals surface area contributed by atoms with Crippen LogP contribution in [0.25, 0.3) is 89.5 Å². The van der Waals surface area contributed by atoms with Crippen LogP contribution in [0.15, 0.2) is 180 Å². The molecular formula is C45H29N3O. The molecule has 230 valence electrons. The van der Waals surface area contributed by atoms with Gasteiger partial charge in [-0.15, -0.1) is 0 Å². The Morgan fingerprint density at radius 2 is 0.878 bits per heavy atom. The van der Waals surface area contributed by atoms with Gasteiger partial charge in [0.05, 0.1) is 20.6 Å². The van der Waals surface area contributed by atoms with Crippen molar-refractivity contribution >= 4 is 21.9 Å². The van der Waals surface area contributed by atoms with Gasteiger partial charge in [0.15, 0.2) is 17.5 Å². The first-order valence-corrected chi connectivity index (χ1v) is 15.1. The van der Waals surface area contributed by atoms with E-state index in [1.165, 1.54) is 0 Å². The van der Waals surface area contributed by atoms with E-state index in [1.807, 2.05) is 42.5 Å². The van der Waals surface area contributed by atoms with E-state index in [0.717, 1.165) is 11.1 Å². The first kappa shape index (κ1) is 17.0. The number of benzene rings is 7. The summed E-state index contributed by atoms with van der Waals surface area (Å²) in [6.07, 6.45) is 0. The van der Waals surface area contributed by atoms with Crippen molar-refractivity contribution in [2.75, 3.05) is 0 Å². The molecule has 4 heteroatoms. The average Bonchev–Trinajstić information content (AvgIpc) is 3.71. The van der Waals surface area contributed by atoms with Gasteiger partial charge in [0.1, 0.15) is 11.2 Å². The number of furan rings is 1. The molecule has 9 rings (SSSR count). The monoisotopic (exact) mass is 642 g/mol. The summed E-state index contributed by atoms with van der Waals surface area (Å²) in [5.41, 5.74) is -0.529. The van der Waals surface area contributed by atoms with Gasteiger partial charge < -0.3 is 4.42 Å². The predicted molar refractivity (Wildman–Crippen MR) is 200 cm³/mol. The van der Waals surface area contributed by atoms with Gasteiger partial charge in [0.25, 0.3) is 0 Å². The minimum Gasteiger partial charge on any atom is -0.455 e. The SMILES string of the molecule is [2H]c1c([2H])c(-c2nc(-c3ccccc3)nc(-c3ccc(-c4ccccc4)cc3)n2)c([2H])c(-c2c([2H])c([2H])c([2H])c(-c3c([2H])c([2H])c([2H])c4c3oc3c([2H])c([2H])c([2H])c([2H])c34)c2[2H])c1[2H]. The Morgan fingerprint density at radius 1 is 0.388 bits per heavy atom. The highest BCUT2D eigenvalue weighted by Gasteiger charge is 2.15. The Morgan fingerprint density at radius 3 is 1.59 bits per heavy atom. The van der Waals surface area contributed by atoms with Crippen LogP contribution >= 0.6 is 0 Å². The van der Waals surface area contributed by atoms with E-state index in [4.69, 9.17) is 27.2 Å². The van der Waals surface area contributed by atoms with Crippen molar-refractivity contribution in [1.29, 1.82) is 0 Å². The van der Waals surface area contributed by atoms with Gasteiger partial charge in [0, 0.05) is 33.0 Å². The first-order chi connectivity index (χ1) is 30.5. The maximum atomic E-state index is 9.58. The van der Waals surface area contributed by atoms with Crippen molar-refractivity contribution in [1.82, 2.24) is 15.0 Å². The molecule has 49 heavy (non-hydrogen) atoms. The molecule has 2 heterocycles. The second kappa shape index (κ2) is 12.2. The van der Waals surface area contributed by atoms with Crippen molar-refractivity contribution in [3.05, 3.63) is 176 Å². The van der Waals surface area contributed by atoms with Crippen LogP contribution in [-0.2, 0) is 0 Å². The molecule has 0 aliphatic heterocycles. The van der Waals surface area contributed by atoms with Gasteiger partial charge in [-0.2, -0.15) is 0 Å². The second-order valence-corrected chi connectivity index (χ2v) is 10.9. The summed E-state index contributed by atoms with van der Waals surface area (Å²) in [4.78, 5) is 14.0. The average molecular weight is 643 g/mol. The maximum absolute atomic E-state index is 9.58. The molecule has 0 aliphatic carbocycles. The third kappa shape index (κ3) is 5.45. The minimum atomic E-state index is -0.843. The molecule has 0 unspecified atom stereocenters. The van der Waals surface area contributed by atoms with E-state index < -0.39 is 124 Å². The van der Waals surface area contributed by atoms with Gasteiger partial charge in [-0.05, 0) is 45.9 Å². The molecule has 0 fully saturated rings. The van der Waals surface area contributed by atoms with E-state index >= 15 is 0 Å². The summed E-state index contributed by atoms with van der Waals surface area (Å²) in [7, 11) is 0. The Balaban J connectivity index is 1.32. The summed E-state index contributed by atoms with van der Waals surface area (Å²) < 4.78 is 139. The molecular weight excluding hydrogens is 599 g/mol. The molecule has 0 saturated carbocycles. The number of aromatic nitrogens is 3. The molecule has 0 spiro atoms. The summed E-state index contributed by atoms with van der Waals surface area (Å²) in [6.45, 7) is 0. The van der Waals surface area contributed by atoms with Gasteiger partial charge in [-0.3, -0.25) is 0 Å². The molecule has 4 nitrogen and oxygen atoms in total. The Bertz CT molecular complexity index is 3440. The minimum absolute atomic E-state index is 0.144. The molecule has 0 saturated heterocycles. The standard InChI is InChI=1S/C45H29N3O/c1-3-12-30(13-4-1)31-24-26-33(27-25-31)44-46-43(32-14-5-2-6-15-32)47-45(48-44)37-19-10-17-35(29-37)34-16-9-18-36(28-34)38-21-11-22-40-39-20-7-8-23-41(39)49-42(38)40/h1-29H/i7D,8D,9D,10D,11D,16D,17D,18D,19D,20D,21D,22D,23D,28D,29D. The molecule has 0 atom stereocenters. The highest BCUT2D eigenvalue weighted by molar-refractivity contribution is 6.09. The molecule has 7 aromatic carbocycles. The number of rotatable bonds is 6. The number of hydrogen-bond acceptors (Lipinski definition) is 4. The van der Waals surface area contributed by atoms with Crippen LogP contribution in [0.5, 0.6) is 0 Å². The van der Waals surface area contributed by atoms with Crippen LogP contribution in [0.1, 0.15) is 20.6 Å². The number of fused-ring (bicyclic) bond motifs is 3. The number of nitrogens with zero attached hydrogens (tertiary/aromatic N) is 3. The van der Waals surface area contributed by atoms with Gasteiger partial charge in [0.2, 0.25) is 0 Å². The van der Waals surface area contributed by atoms with E-state index in [-0.39, 0.29) is 33.8 Å².